The number of hydrogen-bond donors (Lipinski definition) is 0. The highest BCUT2D eigenvalue weighted by molar-refractivity contribution is 5.55. The molecule has 2 rings (SSSR count). The highest BCUT2D eigenvalue weighted by Gasteiger charge is 2.32. The van der Waals surface area contributed by atoms with Gasteiger partial charge in [-0.3, -0.25) is 4.90 Å². The zero-order valence-electron chi connectivity index (χ0n) is 7.54. The van der Waals surface area contributed by atoms with Crippen molar-refractivity contribution < 1.29 is 4.79 Å². The van der Waals surface area contributed by atoms with Crippen molar-refractivity contribution in [1.29, 1.82) is 0 Å². The van der Waals surface area contributed by atoms with Crippen LogP contribution in [0.2, 0.25) is 0 Å². The number of fused-ring (bicyclic) bond motifs is 1. The fraction of sp³-hybridized carbons (Fsp3) is 0.900. The maximum Gasteiger partial charge on any atom is 0.124 e. The molecule has 0 aromatic rings. The van der Waals surface area contributed by atoms with Crippen molar-refractivity contribution in [3.63, 3.8) is 0 Å². The van der Waals surface area contributed by atoms with Gasteiger partial charge in [-0.15, -0.1) is 0 Å². The van der Waals surface area contributed by atoms with E-state index in [0.717, 1.165) is 6.42 Å². The van der Waals surface area contributed by atoms with Crippen LogP contribution in [0.15, 0.2) is 0 Å². The minimum absolute atomic E-state index is 0.346. The molecule has 0 unspecified atom stereocenters. The predicted octanol–water partition coefficient (Wildman–Crippen LogP) is 1.45. The summed E-state index contributed by atoms with van der Waals surface area (Å²) in [6.07, 6.45) is 7.45. The van der Waals surface area contributed by atoms with E-state index in [2.05, 4.69) is 4.90 Å². The van der Waals surface area contributed by atoms with Crippen molar-refractivity contribution >= 4 is 6.29 Å². The molecule has 2 saturated heterocycles. The van der Waals surface area contributed by atoms with Crippen molar-refractivity contribution in [3.8, 4) is 0 Å². The number of nitrogens with zero attached hydrogens (tertiary/aromatic N) is 1. The van der Waals surface area contributed by atoms with Gasteiger partial charge >= 0.3 is 0 Å². The average Bonchev–Trinajstić information content (AvgIpc) is 2.17. The van der Waals surface area contributed by atoms with Gasteiger partial charge in [-0.05, 0) is 38.8 Å². The number of carbonyl (C=O) groups excluding carboxylic acids is 1. The van der Waals surface area contributed by atoms with Gasteiger partial charge in [0.1, 0.15) is 6.29 Å². The summed E-state index contributed by atoms with van der Waals surface area (Å²) in [5.41, 5.74) is 0. The molecule has 0 N–H and O–H groups in total. The van der Waals surface area contributed by atoms with Crippen molar-refractivity contribution in [2.75, 3.05) is 13.1 Å². The molecule has 68 valence electrons. The first-order valence-electron chi connectivity index (χ1n) is 5.11. The van der Waals surface area contributed by atoms with Crippen molar-refractivity contribution in [1.82, 2.24) is 4.90 Å². The molecule has 0 aromatic heterocycles. The number of aldehydes is 1. The smallest absolute Gasteiger partial charge is 0.124 e. The second kappa shape index (κ2) is 3.56. The summed E-state index contributed by atoms with van der Waals surface area (Å²) in [5.74, 6) is 0.346. The Morgan fingerprint density at radius 3 is 2.75 bits per heavy atom. The molecule has 0 aliphatic carbocycles. The van der Waals surface area contributed by atoms with Crippen LogP contribution >= 0.6 is 0 Å². The predicted molar refractivity (Wildman–Crippen MR) is 48.0 cm³/mol. The van der Waals surface area contributed by atoms with Crippen LogP contribution in [0.5, 0.6) is 0 Å². The van der Waals surface area contributed by atoms with E-state index in [1.54, 1.807) is 0 Å². The summed E-state index contributed by atoms with van der Waals surface area (Å²) in [7, 11) is 0. The summed E-state index contributed by atoms with van der Waals surface area (Å²) < 4.78 is 0. The van der Waals surface area contributed by atoms with E-state index >= 15 is 0 Å². The van der Waals surface area contributed by atoms with E-state index in [0.29, 0.717) is 12.0 Å². The molecule has 0 spiro atoms. The lowest BCUT2D eigenvalue weighted by Crippen LogP contribution is -2.48. The molecule has 2 heterocycles. The third kappa shape index (κ3) is 1.40. The van der Waals surface area contributed by atoms with Crippen LogP contribution in [0.4, 0.5) is 0 Å². The van der Waals surface area contributed by atoms with Crippen LogP contribution < -0.4 is 0 Å². The molecular weight excluding hydrogens is 150 g/mol. The van der Waals surface area contributed by atoms with Gasteiger partial charge < -0.3 is 4.79 Å². The molecule has 2 aliphatic rings. The maximum atomic E-state index is 10.8. The molecule has 2 fully saturated rings. The Morgan fingerprint density at radius 1 is 1.08 bits per heavy atom. The highest BCUT2D eigenvalue weighted by Crippen LogP contribution is 2.29. The van der Waals surface area contributed by atoms with Crippen molar-refractivity contribution in [3.05, 3.63) is 0 Å². The lowest BCUT2D eigenvalue weighted by Gasteiger charge is -2.42. The molecule has 2 heteroatoms. The minimum atomic E-state index is 0.346. The first-order valence-corrected chi connectivity index (χ1v) is 5.11. The molecule has 2 aliphatic heterocycles. The van der Waals surface area contributed by atoms with Crippen LogP contribution in [-0.2, 0) is 4.79 Å². The number of hydrogen-bond acceptors (Lipinski definition) is 2. The topological polar surface area (TPSA) is 20.3 Å². The van der Waals surface area contributed by atoms with E-state index < -0.39 is 0 Å². The second-order valence-electron chi connectivity index (χ2n) is 4.04. The first-order chi connectivity index (χ1) is 5.92. The van der Waals surface area contributed by atoms with Crippen LogP contribution in [-0.4, -0.2) is 30.3 Å². The largest absolute Gasteiger partial charge is 0.303 e. The Bertz CT molecular complexity index is 167. The standard InChI is InChI=1S/C10H17NO/c12-8-9-4-3-7-11-6-2-1-5-10(9)11/h8-10H,1-7H2/t9-,10-/m1/s1. The van der Waals surface area contributed by atoms with Gasteiger partial charge in [0.2, 0.25) is 0 Å². The summed E-state index contributed by atoms with van der Waals surface area (Å²) in [6, 6.07) is 0.602. The number of piperidine rings is 2. The maximum absolute atomic E-state index is 10.8. The van der Waals surface area contributed by atoms with Crippen molar-refractivity contribution in [2.45, 2.75) is 38.1 Å². The Hall–Kier alpha value is -0.370. The average molecular weight is 167 g/mol. The van der Waals surface area contributed by atoms with E-state index in [9.17, 15) is 4.79 Å². The molecule has 2 atom stereocenters. The molecule has 0 aromatic carbocycles. The molecule has 0 amide bonds. The third-order valence-corrected chi connectivity index (χ3v) is 3.32. The van der Waals surface area contributed by atoms with Crippen LogP contribution in [0.25, 0.3) is 0 Å². The lowest BCUT2D eigenvalue weighted by atomic mass is 9.84. The molecule has 0 bridgehead atoms. The molecular formula is C10H17NO. The molecule has 0 saturated carbocycles. The Morgan fingerprint density at radius 2 is 1.92 bits per heavy atom. The summed E-state index contributed by atoms with van der Waals surface area (Å²) in [5, 5.41) is 0. The highest BCUT2D eigenvalue weighted by atomic mass is 16.1. The molecule has 2 nitrogen and oxygen atoms in total. The summed E-state index contributed by atoms with van der Waals surface area (Å²) in [6.45, 7) is 2.46. The lowest BCUT2D eigenvalue weighted by molar-refractivity contribution is -0.115. The van der Waals surface area contributed by atoms with E-state index in [1.807, 2.05) is 0 Å². The van der Waals surface area contributed by atoms with Crippen LogP contribution in [0.3, 0.4) is 0 Å². The second-order valence-corrected chi connectivity index (χ2v) is 4.04. The fourth-order valence-electron chi connectivity index (χ4n) is 2.66. The third-order valence-electron chi connectivity index (χ3n) is 3.32. The fourth-order valence-corrected chi connectivity index (χ4v) is 2.66. The van der Waals surface area contributed by atoms with Gasteiger partial charge in [-0.2, -0.15) is 0 Å². The Labute approximate surface area is 73.9 Å². The normalized spacial score (nSPS) is 37.3. The van der Waals surface area contributed by atoms with E-state index in [1.165, 1.54) is 45.1 Å². The molecule has 0 radical (unpaired) electrons. The SMILES string of the molecule is O=C[C@H]1CCCN2CCCC[C@H]12. The van der Waals surface area contributed by atoms with E-state index in [-0.39, 0.29) is 0 Å². The summed E-state index contributed by atoms with van der Waals surface area (Å²) >= 11 is 0. The quantitative estimate of drug-likeness (QED) is 0.551. The Balaban J connectivity index is 2.03. The van der Waals surface area contributed by atoms with Gasteiger partial charge in [-0.1, -0.05) is 6.42 Å². The zero-order chi connectivity index (χ0) is 8.39. The molecule has 12 heavy (non-hydrogen) atoms. The number of carbonyl (C=O) groups is 1. The van der Waals surface area contributed by atoms with Gasteiger partial charge in [0.15, 0.2) is 0 Å². The van der Waals surface area contributed by atoms with Crippen LogP contribution in [0.1, 0.15) is 32.1 Å². The minimum Gasteiger partial charge on any atom is -0.303 e. The van der Waals surface area contributed by atoms with Gasteiger partial charge in [0.25, 0.3) is 0 Å². The van der Waals surface area contributed by atoms with Gasteiger partial charge in [0, 0.05) is 12.0 Å². The first kappa shape index (κ1) is 8.24. The zero-order valence-corrected chi connectivity index (χ0v) is 7.54. The van der Waals surface area contributed by atoms with E-state index in [4.69, 9.17) is 0 Å². The van der Waals surface area contributed by atoms with Gasteiger partial charge in [-0.25, -0.2) is 0 Å². The summed E-state index contributed by atoms with van der Waals surface area (Å²) in [4.78, 5) is 13.3. The van der Waals surface area contributed by atoms with Gasteiger partial charge in [0.05, 0.1) is 0 Å². The number of rotatable bonds is 1. The monoisotopic (exact) mass is 167 g/mol. The Kier molecular flexibility index (Phi) is 2.45. The van der Waals surface area contributed by atoms with Crippen molar-refractivity contribution in [2.24, 2.45) is 5.92 Å². The van der Waals surface area contributed by atoms with Crippen LogP contribution in [0, 0.1) is 5.92 Å².